The van der Waals surface area contributed by atoms with E-state index in [2.05, 4.69) is 15.9 Å². The summed E-state index contributed by atoms with van der Waals surface area (Å²) in [4.78, 5) is 14.4. The Morgan fingerprint density at radius 1 is 1.45 bits per heavy atom. The number of hydrogen-bond acceptors (Lipinski definition) is 3. The van der Waals surface area contributed by atoms with Crippen LogP contribution in [0, 0.1) is 5.92 Å². The Morgan fingerprint density at radius 2 is 2.10 bits per heavy atom. The maximum atomic E-state index is 12.5. The molecule has 1 amide bonds. The third-order valence-corrected chi connectivity index (χ3v) is 4.12. The zero-order valence-corrected chi connectivity index (χ0v) is 13.9. The predicted octanol–water partition coefficient (Wildman–Crippen LogP) is 2.69. The van der Waals surface area contributed by atoms with Gasteiger partial charge >= 0.3 is 0 Å². The van der Waals surface area contributed by atoms with Crippen molar-refractivity contribution in [2.75, 3.05) is 26.7 Å². The summed E-state index contributed by atoms with van der Waals surface area (Å²) in [5.74, 6) is 1.20. The number of piperidine rings is 1. The van der Waals surface area contributed by atoms with Crippen molar-refractivity contribution in [1.29, 1.82) is 0 Å². The summed E-state index contributed by atoms with van der Waals surface area (Å²) in [5, 5.41) is 0. The Kier molecular flexibility index (Phi) is 6.79. The Hall–Kier alpha value is -0.780. The Bertz CT molecular complexity index is 462. The number of carbonyl (C=O) groups is 1. The van der Waals surface area contributed by atoms with E-state index < -0.39 is 0 Å². The minimum atomic E-state index is 0. The van der Waals surface area contributed by atoms with Gasteiger partial charge in [-0.15, -0.1) is 12.4 Å². The van der Waals surface area contributed by atoms with Crippen molar-refractivity contribution in [3.05, 3.63) is 28.2 Å². The van der Waals surface area contributed by atoms with E-state index in [0.29, 0.717) is 23.8 Å². The summed E-state index contributed by atoms with van der Waals surface area (Å²) in [6.07, 6.45) is 1.97. The van der Waals surface area contributed by atoms with Crippen LogP contribution in [0.3, 0.4) is 0 Å². The van der Waals surface area contributed by atoms with Gasteiger partial charge in [-0.1, -0.05) is 15.9 Å². The normalized spacial score (nSPS) is 15.7. The molecule has 0 atom stereocenters. The number of benzene rings is 1. The van der Waals surface area contributed by atoms with Crippen molar-refractivity contribution in [3.8, 4) is 5.75 Å². The molecule has 0 spiro atoms. The van der Waals surface area contributed by atoms with Crippen molar-refractivity contribution < 1.29 is 9.53 Å². The number of halogens is 2. The van der Waals surface area contributed by atoms with Crippen molar-refractivity contribution >= 4 is 34.2 Å². The summed E-state index contributed by atoms with van der Waals surface area (Å²) >= 11 is 3.38. The number of nitrogens with two attached hydrogens (primary N) is 1. The minimum Gasteiger partial charge on any atom is -0.496 e. The van der Waals surface area contributed by atoms with Gasteiger partial charge in [0.2, 0.25) is 0 Å². The molecule has 0 aliphatic carbocycles. The highest BCUT2D eigenvalue weighted by atomic mass is 79.9. The molecule has 1 fully saturated rings. The van der Waals surface area contributed by atoms with Gasteiger partial charge in [0.25, 0.3) is 5.91 Å². The van der Waals surface area contributed by atoms with Crippen molar-refractivity contribution in [1.82, 2.24) is 4.90 Å². The minimum absolute atomic E-state index is 0. The van der Waals surface area contributed by atoms with E-state index in [0.717, 1.165) is 30.4 Å². The first-order valence-corrected chi connectivity index (χ1v) is 7.28. The SMILES string of the molecule is COc1cc(Br)ccc1C(=O)N1CCC(CN)CC1.Cl. The van der Waals surface area contributed by atoms with Gasteiger partial charge in [-0.3, -0.25) is 4.79 Å². The van der Waals surface area contributed by atoms with Crippen LogP contribution in [0.5, 0.6) is 5.75 Å². The number of nitrogens with zero attached hydrogens (tertiary/aromatic N) is 1. The highest BCUT2D eigenvalue weighted by molar-refractivity contribution is 9.10. The molecular formula is C14H20BrClN2O2. The van der Waals surface area contributed by atoms with Crippen LogP contribution in [0.25, 0.3) is 0 Å². The van der Waals surface area contributed by atoms with E-state index in [-0.39, 0.29) is 18.3 Å². The molecule has 1 aliphatic rings. The predicted molar refractivity (Wildman–Crippen MR) is 85.6 cm³/mol. The fourth-order valence-corrected chi connectivity index (χ4v) is 2.72. The molecule has 112 valence electrons. The van der Waals surface area contributed by atoms with Crippen LogP contribution in [0.1, 0.15) is 23.2 Å². The van der Waals surface area contributed by atoms with Crippen LogP contribution in [0.4, 0.5) is 0 Å². The molecular weight excluding hydrogens is 344 g/mol. The second-order valence-electron chi connectivity index (χ2n) is 4.82. The molecule has 1 aromatic carbocycles. The van der Waals surface area contributed by atoms with E-state index in [1.54, 1.807) is 13.2 Å². The number of carbonyl (C=O) groups excluding carboxylic acids is 1. The highest BCUT2D eigenvalue weighted by Crippen LogP contribution is 2.26. The summed E-state index contributed by atoms with van der Waals surface area (Å²) in [7, 11) is 1.58. The van der Waals surface area contributed by atoms with Crippen LogP contribution in [-0.4, -0.2) is 37.6 Å². The lowest BCUT2D eigenvalue weighted by Gasteiger charge is -2.31. The number of amides is 1. The van der Waals surface area contributed by atoms with Crippen molar-refractivity contribution in [2.45, 2.75) is 12.8 Å². The van der Waals surface area contributed by atoms with Crippen LogP contribution in [-0.2, 0) is 0 Å². The van der Waals surface area contributed by atoms with Gasteiger partial charge in [0.15, 0.2) is 0 Å². The molecule has 0 bridgehead atoms. The van der Waals surface area contributed by atoms with Gasteiger partial charge in [-0.2, -0.15) is 0 Å². The summed E-state index contributed by atoms with van der Waals surface area (Å²) in [5.41, 5.74) is 6.29. The molecule has 0 unspecified atom stereocenters. The standard InChI is InChI=1S/C14H19BrN2O2.ClH/c1-19-13-8-11(15)2-3-12(13)14(18)17-6-4-10(9-16)5-7-17;/h2-3,8,10H,4-7,9,16H2,1H3;1H. The first-order valence-electron chi connectivity index (χ1n) is 6.48. The smallest absolute Gasteiger partial charge is 0.257 e. The van der Waals surface area contributed by atoms with E-state index >= 15 is 0 Å². The van der Waals surface area contributed by atoms with Gasteiger partial charge in [0, 0.05) is 17.6 Å². The third-order valence-electron chi connectivity index (χ3n) is 3.63. The number of likely N-dealkylation sites (tertiary alicyclic amines) is 1. The number of ether oxygens (including phenoxy) is 1. The summed E-state index contributed by atoms with van der Waals surface area (Å²) < 4.78 is 6.19. The summed E-state index contributed by atoms with van der Waals surface area (Å²) in [6, 6.07) is 5.49. The van der Waals surface area contributed by atoms with E-state index in [4.69, 9.17) is 10.5 Å². The van der Waals surface area contributed by atoms with Gasteiger partial charge in [0.05, 0.1) is 12.7 Å². The van der Waals surface area contributed by atoms with Gasteiger partial charge in [-0.05, 0) is 43.5 Å². The molecule has 1 aliphatic heterocycles. The molecule has 20 heavy (non-hydrogen) atoms. The zero-order chi connectivity index (χ0) is 13.8. The quantitative estimate of drug-likeness (QED) is 0.898. The Labute approximate surface area is 134 Å². The average Bonchev–Trinajstić information content (AvgIpc) is 2.46. The molecule has 0 radical (unpaired) electrons. The first-order chi connectivity index (χ1) is 9.15. The maximum Gasteiger partial charge on any atom is 0.257 e. The molecule has 1 aromatic rings. The van der Waals surface area contributed by atoms with E-state index in [1.165, 1.54) is 0 Å². The number of rotatable bonds is 3. The molecule has 0 aromatic heterocycles. The second-order valence-corrected chi connectivity index (χ2v) is 5.73. The lowest BCUT2D eigenvalue weighted by atomic mass is 9.96. The second kappa shape index (κ2) is 7.86. The summed E-state index contributed by atoms with van der Waals surface area (Å²) in [6.45, 7) is 2.27. The van der Waals surface area contributed by atoms with Crippen LogP contribution < -0.4 is 10.5 Å². The van der Waals surface area contributed by atoms with Gasteiger partial charge in [0.1, 0.15) is 5.75 Å². The topological polar surface area (TPSA) is 55.6 Å². The van der Waals surface area contributed by atoms with Gasteiger partial charge < -0.3 is 15.4 Å². The molecule has 1 heterocycles. The van der Waals surface area contributed by atoms with Crippen LogP contribution in [0.2, 0.25) is 0 Å². The highest BCUT2D eigenvalue weighted by Gasteiger charge is 2.24. The van der Waals surface area contributed by atoms with Crippen molar-refractivity contribution in [2.24, 2.45) is 11.7 Å². The number of methoxy groups -OCH3 is 1. The molecule has 4 nitrogen and oxygen atoms in total. The average molecular weight is 364 g/mol. The van der Waals surface area contributed by atoms with Crippen LogP contribution >= 0.6 is 28.3 Å². The van der Waals surface area contributed by atoms with E-state index in [1.807, 2.05) is 17.0 Å². The molecule has 0 saturated carbocycles. The molecule has 2 N–H and O–H groups in total. The molecule has 1 saturated heterocycles. The lowest BCUT2D eigenvalue weighted by molar-refractivity contribution is 0.0690. The molecule has 2 rings (SSSR count). The zero-order valence-electron chi connectivity index (χ0n) is 11.5. The Morgan fingerprint density at radius 3 is 2.65 bits per heavy atom. The van der Waals surface area contributed by atoms with Crippen LogP contribution in [0.15, 0.2) is 22.7 Å². The lowest BCUT2D eigenvalue weighted by Crippen LogP contribution is -2.40. The largest absolute Gasteiger partial charge is 0.496 e. The Balaban J connectivity index is 0.00000200. The fraction of sp³-hybridized carbons (Fsp3) is 0.500. The molecule has 6 heteroatoms. The third kappa shape index (κ3) is 3.87. The maximum absolute atomic E-state index is 12.5. The first kappa shape index (κ1) is 17.3. The monoisotopic (exact) mass is 362 g/mol. The van der Waals surface area contributed by atoms with E-state index in [9.17, 15) is 4.79 Å². The fourth-order valence-electron chi connectivity index (χ4n) is 2.38. The number of hydrogen-bond donors (Lipinski definition) is 1. The van der Waals surface area contributed by atoms with Gasteiger partial charge in [-0.25, -0.2) is 0 Å². The van der Waals surface area contributed by atoms with Crippen molar-refractivity contribution in [3.63, 3.8) is 0 Å².